The van der Waals surface area contributed by atoms with Gasteiger partial charge in [-0.25, -0.2) is 0 Å². The van der Waals surface area contributed by atoms with Crippen LogP contribution in [-0.2, 0) is 11.2 Å². The smallest absolute Gasteiger partial charge is 0.243 e. The number of anilines is 1. The minimum Gasteiger partial charge on any atom is -0.320 e. The zero-order valence-corrected chi connectivity index (χ0v) is 10.4. The van der Waals surface area contributed by atoms with Crippen LogP contribution in [0.2, 0.25) is 0 Å². The molecule has 92 valence electrons. The van der Waals surface area contributed by atoms with Crippen molar-refractivity contribution in [3.63, 3.8) is 0 Å². The topological polar surface area (TPSA) is 46.3 Å². The van der Waals surface area contributed by atoms with Crippen molar-refractivity contribution in [2.75, 3.05) is 11.4 Å². The Labute approximate surface area is 103 Å². The highest BCUT2D eigenvalue weighted by atomic mass is 16.2. The molecule has 3 heteroatoms. The molecule has 0 fully saturated rings. The second-order valence-corrected chi connectivity index (χ2v) is 4.72. The molecule has 0 unspecified atom stereocenters. The first-order chi connectivity index (χ1) is 8.20. The number of carbonyl (C=O) groups is 1. The Morgan fingerprint density at radius 2 is 2.06 bits per heavy atom. The third kappa shape index (κ3) is 2.67. The number of amides is 1. The van der Waals surface area contributed by atoms with Crippen LogP contribution in [0.25, 0.3) is 0 Å². The van der Waals surface area contributed by atoms with Gasteiger partial charge in [-0.1, -0.05) is 24.6 Å². The molecule has 1 aliphatic heterocycles. The van der Waals surface area contributed by atoms with Crippen LogP contribution >= 0.6 is 0 Å². The van der Waals surface area contributed by atoms with E-state index in [2.05, 4.69) is 6.07 Å². The summed E-state index contributed by atoms with van der Waals surface area (Å²) in [6, 6.07) is 7.74. The van der Waals surface area contributed by atoms with Gasteiger partial charge in [-0.15, -0.1) is 0 Å². The van der Waals surface area contributed by atoms with Crippen molar-refractivity contribution in [3.05, 3.63) is 29.8 Å². The SMILES string of the molecule is C[C@@H](N)C(=O)N1CCCCCc2ccccc21. The minimum absolute atomic E-state index is 0.0272. The summed E-state index contributed by atoms with van der Waals surface area (Å²) < 4.78 is 0. The summed E-state index contributed by atoms with van der Waals surface area (Å²) in [6.07, 6.45) is 4.50. The third-order valence-corrected chi connectivity index (χ3v) is 3.27. The highest BCUT2D eigenvalue weighted by Crippen LogP contribution is 2.25. The van der Waals surface area contributed by atoms with E-state index in [0.29, 0.717) is 0 Å². The molecule has 1 atom stereocenters. The second kappa shape index (κ2) is 5.32. The number of fused-ring (bicyclic) bond motifs is 1. The van der Waals surface area contributed by atoms with Crippen LogP contribution < -0.4 is 10.6 Å². The molecule has 0 spiro atoms. The molecule has 1 aliphatic rings. The number of aryl methyl sites for hydroxylation is 1. The van der Waals surface area contributed by atoms with Gasteiger partial charge < -0.3 is 10.6 Å². The lowest BCUT2D eigenvalue weighted by Crippen LogP contribution is -2.43. The summed E-state index contributed by atoms with van der Waals surface area (Å²) in [5, 5.41) is 0. The molecule has 0 saturated heterocycles. The average Bonchev–Trinajstić information content (AvgIpc) is 2.29. The van der Waals surface area contributed by atoms with Gasteiger partial charge in [0.15, 0.2) is 0 Å². The summed E-state index contributed by atoms with van der Waals surface area (Å²) in [7, 11) is 0. The van der Waals surface area contributed by atoms with Crippen LogP contribution in [0.1, 0.15) is 31.7 Å². The molecule has 1 aromatic carbocycles. The van der Waals surface area contributed by atoms with E-state index in [1.54, 1.807) is 6.92 Å². The van der Waals surface area contributed by atoms with Crippen molar-refractivity contribution in [2.24, 2.45) is 5.73 Å². The predicted molar refractivity (Wildman–Crippen MR) is 70.0 cm³/mol. The molecule has 1 heterocycles. The van der Waals surface area contributed by atoms with Gasteiger partial charge in [0, 0.05) is 12.2 Å². The van der Waals surface area contributed by atoms with E-state index in [1.165, 1.54) is 18.4 Å². The molecule has 2 N–H and O–H groups in total. The molecular weight excluding hydrogens is 212 g/mol. The number of para-hydroxylation sites is 1. The monoisotopic (exact) mass is 232 g/mol. The fraction of sp³-hybridized carbons (Fsp3) is 0.500. The molecule has 1 aromatic rings. The Balaban J connectivity index is 2.35. The van der Waals surface area contributed by atoms with Crippen molar-refractivity contribution in [2.45, 2.75) is 38.6 Å². The van der Waals surface area contributed by atoms with Crippen molar-refractivity contribution < 1.29 is 4.79 Å². The molecular formula is C14H20N2O. The lowest BCUT2D eigenvalue weighted by atomic mass is 10.0. The number of hydrogen-bond acceptors (Lipinski definition) is 2. The second-order valence-electron chi connectivity index (χ2n) is 4.72. The molecule has 3 nitrogen and oxygen atoms in total. The fourth-order valence-corrected chi connectivity index (χ4v) is 2.34. The first-order valence-electron chi connectivity index (χ1n) is 6.35. The van der Waals surface area contributed by atoms with Crippen molar-refractivity contribution in [1.82, 2.24) is 0 Å². The van der Waals surface area contributed by atoms with Crippen LogP contribution in [0.5, 0.6) is 0 Å². The summed E-state index contributed by atoms with van der Waals surface area (Å²) in [6.45, 7) is 2.54. The molecule has 0 bridgehead atoms. The van der Waals surface area contributed by atoms with E-state index in [-0.39, 0.29) is 5.91 Å². The van der Waals surface area contributed by atoms with Gasteiger partial charge in [0.25, 0.3) is 0 Å². The quantitative estimate of drug-likeness (QED) is 0.806. The van der Waals surface area contributed by atoms with Crippen LogP contribution in [0.15, 0.2) is 24.3 Å². The van der Waals surface area contributed by atoms with Crippen molar-refractivity contribution in [3.8, 4) is 0 Å². The average molecular weight is 232 g/mol. The van der Waals surface area contributed by atoms with Crippen LogP contribution in [-0.4, -0.2) is 18.5 Å². The molecule has 2 rings (SSSR count). The van der Waals surface area contributed by atoms with Crippen molar-refractivity contribution in [1.29, 1.82) is 0 Å². The van der Waals surface area contributed by atoms with E-state index in [4.69, 9.17) is 5.73 Å². The largest absolute Gasteiger partial charge is 0.320 e. The van der Waals surface area contributed by atoms with Gasteiger partial charge in [0.1, 0.15) is 0 Å². The Morgan fingerprint density at radius 3 is 2.82 bits per heavy atom. The van der Waals surface area contributed by atoms with E-state index in [0.717, 1.165) is 25.1 Å². The van der Waals surface area contributed by atoms with E-state index < -0.39 is 6.04 Å². The Kier molecular flexibility index (Phi) is 3.79. The number of hydrogen-bond donors (Lipinski definition) is 1. The summed E-state index contributed by atoms with van der Waals surface area (Å²) in [5.41, 5.74) is 8.04. The standard InChI is InChI=1S/C14H20N2O/c1-11(15)14(17)16-10-6-2-3-7-12-8-4-5-9-13(12)16/h4-5,8-9,11H,2-3,6-7,10,15H2,1H3/t11-/m1/s1. The van der Waals surface area contributed by atoms with Gasteiger partial charge in [0.05, 0.1) is 6.04 Å². The van der Waals surface area contributed by atoms with Gasteiger partial charge in [-0.3, -0.25) is 4.79 Å². The normalized spacial score (nSPS) is 17.9. The van der Waals surface area contributed by atoms with Gasteiger partial charge in [0.2, 0.25) is 5.91 Å². The Bertz CT molecular complexity index is 401. The first kappa shape index (κ1) is 12.1. The van der Waals surface area contributed by atoms with Crippen molar-refractivity contribution >= 4 is 11.6 Å². The van der Waals surface area contributed by atoms with Gasteiger partial charge >= 0.3 is 0 Å². The van der Waals surface area contributed by atoms with E-state index in [9.17, 15) is 4.79 Å². The fourth-order valence-electron chi connectivity index (χ4n) is 2.34. The number of rotatable bonds is 1. The summed E-state index contributed by atoms with van der Waals surface area (Å²) in [4.78, 5) is 14.0. The summed E-state index contributed by atoms with van der Waals surface area (Å²) >= 11 is 0. The zero-order chi connectivity index (χ0) is 12.3. The maximum atomic E-state index is 12.1. The molecule has 0 aliphatic carbocycles. The summed E-state index contributed by atoms with van der Waals surface area (Å²) in [5.74, 6) is 0.0272. The number of nitrogens with zero attached hydrogens (tertiary/aromatic N) is 1. The van der Waals surface area contributed by atoms with Crippen LogP contribution in [0.4, 0.5) is 5.69 Å². The number of carbonyl (C=O) groups excluding carboxylic acids is 1. The Morgan fingerprint density at radius 1 is 1.29 bits per heavy atom. The highest BCUT2D eigenvalue weighted by Gasteiger charge is 2.22. The molecule has 0 saturated carbocycles. The Hall–Kier alpha value is -1.35. The third-order valence-electron chi connectivity index (χ3n) is 3.27. The lowest BCUT2D eigenvalue weighted by Gasteiger charge is -2.28. The first-order valence-corrected chi connectivity index (χ1v) is 6.35. The molecule has 17 heavy (non-hydrogen) atoms. The van der Waals surface area contributed by atoms with E-state index in [1.807, 2.05) is 23.1 Å². The van der Waals surface area contributed by atoms with E-state index >= 15 is 0 Å². The molecule has 1 amide bonds. The minimum atomic E-state index is -0.428. The van der Waals surface area contributed by atoms with Gasteiger partial charge in [-0.2, -0.15) is 0 Å². The maximum absolute atomic E-state index is 12.1. The number of nitrogens with two attached hydrogens (primary N) is 1. The van der Waals surface area contributed by atoms with Gasteiger partial charge in [-0.05, 0) is 37.8 Å². The number of benzene rings is 1. The molecule has 0 aromatic heterocycles. The lowest BCUT2D eigenvalue weighted by molar-refractivity contribution is -0.119. The van der Waals surface area contributed by atoms with Crippen LogP contribution in [0.3, 0.4) is 0 Å². The predicted octanol–water partition coefficient (Wildman–Crippen LogP) is 2.09. The highest BCUT2D eigenvalue weighted by molar-refractivity contribution is 5.97. The molecule has 0 radical (unpaired) electrons. The maximum Gasteiger partial charge on any atom is 0.243 e. The van der Waals surface area contributed by atoms with Crippen LogP contribution in [0, 0.1) is 0 Å². The zero-order valence-electron chi connectivity index (χ0n) is 10.4.